The van der Waals surface area contributed by atoms with Gasteiger partial charge < -0.3 is 13.7 Å². The highest BCUT2D eigenvalue weighted by atomic mass is 16.5. The number of carbonyl (C=O) groups excluding carboxylic acids is 2. The maximum Gasteiger partial charge on any atom is 0.326 e. The molecule has 3 heterocycles. The first kappa shape index (κ1) is 22.3. The van der Waals surface area contributed by atoms with E-state index in [1.165, 1.54) is 6.33 Å². The second-order valence-electron chi connectivity index (χ2n) is 8.39. The van der Waals surface area contributed by atoms with E-state index in [-0.39, 0.29) is 17.9 Å². The summed E-state index contributed by atoms with van der Waals surface area (Å²) in [4.78, 5) is 42.3. The zero-order valence-electron chi connectivity index (χ0n) is 19.4. The Morgan fingerprint density at radius 1 is 1.03 bits per heavy atom. The average Bonchev–Trinajstić information content (AvgIpc) is 3.38. The summed E-state index contributed by atoms with van der Waals surface area (Å²) < 4.78 is 14.0. The lowest BCUT2D eigenvalue weighted by Crippen LogP contribution is -2.26. The largest absolute Gasteiger partial charge is 0.456 e. The zero-order chi connectivity index (χ0) is 24.5. The molecule has 5 rings (SSSR count). The number of fused-ring (bicyclic) bond motifs is 3. The molecule has 0 spiro atoms. The Kier molecular flexibility index (Phi) is 5.78. The topological polar surface area (TPSA) is 96.3 Å². The van der Waals surface area contributed by atoms with Crippen LogP contribution in [-0.2, 0) is 22.6 Å². The number of hydrogen-bond acceptors (Lipinski definition) is 6. The Morgan fingerprint density at radius 3 is 2.57 bits per heavy atom. The molecular weight excluding hydrogens is 446 g/mol. The highest BCUT2D eigenvalue weighted by Gasteiger charge is 2.19. The fraction of sp³-hybridized carbons (Fsp3) is 0.185. The van der Waals surface area contributed by atoms with Crippen LogP contribution in [0.5, 0.6) is 0 Å². The summed E-state index contributed by atoms with van der Waals surface area (Å²) in [5.41, 5.74) is 3.96. The SMILES string of the molecule is Cc1cc(C(=O)COC(=O)Cn2cnc3c(oc4ccccc43)c2=O)c(C)n1Cc1ccccc1. The quantitative estimate of drug-likeness (QED) is 0.264. The molecule has 2 aromatic carbocycles. The molecule has 0 saturated carbocycles. The number of aryl methyl sites for hydroxylation is 1. The Bertz CT molecular complexity index is 1630. The maximum atomic E-state index is 12.8. The molecule has 0 bridgehead atoms. The standard InChI is InChI=1S/C27H23N3O5/c1-17-12-21(18(2)30(17)13-19-8-4-3-5-9-19)22(31)15-34-24(32)14-29-16-28-25-20-10-6-7-11-23(20)35-26(25)27(29)33/h3-12,16H,13-15H2,1-2H3. The van der Waals surface area contributed by atoms with E-state index in [9.17, 15) is 14.4 Å². The van der Waals surface area contributed by atoms with Crippen molar-refractivity contribution < 1.29 is 18.7 Å². The molecule has 3 aromatic heterocycles. The van der Waals surface area contributed by atoms with Crippen molar-refractivity contribution in [1.82, 2.24) is 14.1 Å². The minimum atomic E-state index is -0.712. The number of esters is 1. The van der Waals surface area contributed by atoms with Crippen LogP contribution in [0.25, 0.3) is 22.1 Å². The number of para-hydroxylation sites is 1. The molecule has 0 radical (unpaired) electrons. The molecule has 35 heavy (non-hydrogen) atoms. The molecule has 176 valence electrons. The maximum absolute atomic E-state index is 12.8. The second kappa shape index (κ2) is 9.06. The fourth-order valence-corrected chi connectivity index (χ4v) is 4.23. The van der Waals surface area contributed by atoms with Crippen LogP contribution in [0, 0.1) is 13.8 Å². The van der Waals surface area contributed by atoms with Crippen LogP contribution in [0.15, 0.2) is 76.2 Å². The van der Waals surface area contributed by atoms with E-state index in [1.807, 2.05) is 56.3 Å². The lowest BCUT2D eigenvalue weighted by Gasteiger charge is -2.10. The number of aromatic nitrogens is 3. The Labute approximate surface area is 200 Å². The summed E-state index contributed by atoms with van der Waals surface area (Å²) in [6, 6.07) is 19.0. The van der Waals surface area contributed by atoms with Gasteiger partial charge in [-0.3, -0.25) is 19.0 Å². The summed E-state index contributed by atoms with van der Waals surface area (Å²) in [5, 5.41) is 0.727. The monoisotopic (exact) mass is 469 g/mol. The van der Waals surface area contributed by atoms with Gasteiger partial charge >= 0.3 is 5.97 Å². The molecule has 0 fully saturated rings. The minimum absolute atomic E-state index is 0.0726. The number of Topliss-reactive ketones (excluding diaryl/α,β-unsaturated/α-hetero) is 1. The van der Waals surface area contributed by atoms with Crippen molar-refractivity contribution >= 4 is 33.8 Å². The van der Waals surface area contributed by atoms with Crippen molar-refractivity contribution in [2.24, 2.45) is 0 Å². The molecule has 0 atom stereocenters. The number of furan rings is 1. The molecule has 0 N–H and O–H groups in total. The number of rotatable bonds is 7. The van der Waals surface area contributed by atoms with Gasteiger partial charge in [0.05, 0.1) is 6.33 Å². The minimum Gasteiger partial charge on any atom is -0.456 e. The average molecular weight is 469 g/mol. The van der Waals surface area contributed by atoms with Crippen LogP contribution in [0.4, 0.5) is 0 Å². The molecule has 0 saturated heterocycles. The fourth-order valence-electron chi connectivity index (χ4n) is 4.23. The van der Waals surface area contributed by atoms with Crippen LogP contribution in [0.1, 0.15) is 27.3 Å². The van der Waals surface area contributed by atoms with Crippen molar-refractivity contribution in [3.05, 3.63) is 99.9 Å². The number of ketones is 1. The van der Waals surface area contributed by atoms with Crippen molar-refractivity contribution in [3.8, 4) is 0 Å². The van der Waals surface area contributed by atoms with Gasteiger partial charge in [0.2, 0.25) is 11.4 Å². The van der Waals surface area contributed by atoms with Crippen LogP contribution >= 0.6 is 0 Å². The first-order valence-electron chi connectivity index (χ1n) is 11.2. The van der Waals surface area contributed by atoms with Crippen molar-refractivity contribution in [1.29, 1.82) is 0 Å². The van der Waals surface area contributed by atoms with Gasteiger partial charge in [-0.05, 0) is 37.6 Å². The number of carbonyl (C=O) groups is 2. The number of benzene rings is 2. The molecule has 8 nitrogen and oxygen atoms in total. The highest BCUT2D eigenvalue weighted by Crippen LogP contribution is 2.24. The Hall–Kier alpha value is -4.46. The molecule has 0 amide bonds. The summed E-state index contributed by atoms with van der Waals surface area (Å²) >= 11 is 0. The van der Waals surface area contributed by atoms with Crippen molar-refractivity contribution in [3.63, 3.8) is 0 Å². The summed E-state index contributed by atoms with van der Waals surface area (Å²) in [6.45, 7) is 3.67. The second-order valence-corrected chi connectivity index (χ2v) is 8.39. The van der Waals surface area contributed by atoms with Gasteiger partial charge in [0.15, 0.2) is 6.61 Å². The Morgan fingerprint density at radius 2 is 1.77 bits per heavy atom. The number of nitrogens with zero attached hydrogens (tertiary/aromatic N) is 3. The molecule has 0 aliphatic carbocycles. The Balaban J connectivity index is 1.27. The van der Waals surface area contributed by atoms with E-state index in [2.05, 4.69) is 9.55 Å². The van der Waals surface area contributed by atoms with Crippen LogP contribution in [0.2, 0.25) is 0 Å². The highest BCUT2D eigenvalue weighted by molar-refractivity contribution is 6.02. The smallest absolute Gasteiger partial charge is 0.326 e. The third-order valence-corrected chi connectivity index (χ3v) is 6.07. The summed E-state index contributed by atoms with van der Waals surface area (Å²) in [6.07, 6.45) is 1.28. The van der Waals surface area contributed by atoms with Gasteiger partial charge in [-0.15, -0.1) is 0 Å². The normalized spacial score (nSPS) is 11.3. The summed E-state index contributed by atoms with van der Waals surface area (Å²) in [5.74, 6) is -1.01. The van der Waals surface area contributed by atoms with Gasteiger partial charge in [0.25, 0.3) is 5.56 Å². The van der Waals surface area contributed by atoms with Crippen LogP contribution in [0.3, 0.4) is 0 Å². The summed E-state index contributed by atoms with van der Waals surface area (Å²) in [7, 11) is 0. The van der Waals surface area contributed by atoms with Crippen LogP contribution < -0.4 is 5.56 Å². The van der Waals surface area contributed by atoms with E-state index >= 15 is 0 Å². The molecule has 5 aromatic rings. The van der Waals surface area contributed by atoms with Gasteiger partial charge in [0, 0.05) is 28.9 Å². The van der Waals surface area contributed by atoms with Gasteiger partial charge in [-0.2, -0.15) is 0 Å². The number of hydrogen-bond donors (Lipinski definition) is 0. The van der Waals surface area contributed by atoms with Crippen LogP contribution in [-0.4, -0.2) is 32.5 Å². The molecule has 0 aliphatic rings. The molecular formula is C27H23N3O5. The van der Waals surface area contributed by atoms with Gasteiger partial charge in [-0.1, -0.05) is 42.5 Å². The van der Waals surface area contributed by atoms with E-state index in [0.29, 0.717) is 23.2 Å². The van der Waals surface area contributed by atoms with E-state index in [0.717, 1.165) is 26.9 Å². The van der Waals surface area contributed by atoms with E-state index < -0.39 is 18.1 Å². The number of ether oxygens (including phenoxy) is 1. The van der Waals surface area contributed by atoms with Gasteiger partial charge in [-0.25, -0.2) is 4.98 Å². The molecule has 0 aliphatic heterocycles. The third kappa shape index (κ3) is 4.26. The lowest BCUT2D eigenvalue weighted by atomic mass is 10.1. The van der Waals surface area contributed by atoms with Gasteiger partial charge in [0.1, 0.15) is 17.6 Å². The first-order chi connectivity index (χ1) is 16.9. The zero-order valence-corrected chi connectivity index (χ0v) is 19.4. The van der Waals surface area contributed by atoms with Crippen molar-refractivity contribution in [2.75, 3.05) is 6.61 Å². The van der Waals surface area contributed by atoms with E-state index in [4.69, 9.17) is 9.15 Å². The van der Waals surface area contributed by atoms with E-state index in [1.54, 1.807) is 18.2 Å². The predicted octanol–water partition coefficient (Wildman–Crippen LogP) is 4.04. The third-order valence-electron chi connectivity index (χ3n) is 6.07. The van der Waals surface area contributed by atoms with Crippen molar-refractivity contribution in [2.45, 2.75) is 26.9 Å². The first-order valence-corrected chi connectivity index (χ1v) is 11.2. The molecule has 0 unspecified atom stereocenters. The molecule has 8 heteroatoms. The lowest BCUT2D eigenvalue weighted by molar-refractivity contribution is -0.143. The predicted molar refractivity (Wildman–Crippen MR) is 131 cm³/mol.